The maximum absolute atomic E-state index is 13.5. The molecule has 1 amide bonds. The second kappa shape index (κ2) is 11.4. The van der Waals surface area contributed by atoms with E-state index in [1.807, 2.05) is 26.0 Å². The lowest BCUT2D eigenvalue weighted by Crippen LogP contribution is -2.41. The smallest absolute Gasteiger partial charge is 0.264 e. The van der Waals surface area contributed by atoms with Crippen molar-refractivity contribution in [3.63, 3.8) is 0 Å². The molecule has 3 aromatic rings. The highest BCUT2D eigenvalue weighted by molar-refractivity contribution is 7.92. The van der Waals surface area contributed by atoms with Crippen LogP contribution in [0.5, 0.6) is 0 Å². The minimum Gasteiger partial charge on any atom is -0.372 e. The number of carbonyl (C=O) groups excluding carboxylic acids is 1. The van der Waals surface area contributed by atoms with Gasteiger partial charge >= 0.3 is 0 Å². The molecule has 0 spiro atoms. The summed E-state index contributed by atoms with van der Waals surface area (Å²) in [6.07, 6.45) is 3.70. The molecule has 1 fully saturated rings. The van der Waals surface area contributed by atoms with Crippen molar-refractivity contribution in [3.8, 4) is 0 Å². The molecule has 1 aliphatic rings. The van der Waals surface area contributed by atoms with Gasteiger partial charge in [-0.3, -0.25) is 9.10 Å². The summed E-state index contributed by atoms with van der Waals surface area (Å²) in [4.78, 5) is 15.6. The lowest BCUT2D eigenvalue weighted by atomic mass is 10.1. The number of hydrogen-bond donors (Lipinski definition) is 1. The van der Waals surface area contributed by atoms with Crippen LogP contribution in [0, 0.1) is 6.92 Å². The summed E-state index contributed by atoms with van der Waals surface area (Å²) in [6, 6.07) is 21.0. The van der Waals surface area contributed by atoms with E-state index in [4.69, 9.17) is 11.6 Å². The molecule has 1 aliphatic heterocycles. The van der Waals surface area contributed by atoms with Gasteiger partial charge < -0.3 is 10.2 Å². The predicted molar refractivity (Wildman–Crippen MR) is 146 cm³/mol. The van der Waals surface area contributed by atoms with Crippen LogP contribution in [0.3, 0.4) is 0 Å². The number of anilines is 2. The monoisotopic (exact) mass is 525 g/mol. The molecule has 4 rings (SSSR count). The summed E-state index contributed by atoms with van der Waals surface area (Å²) in [6.45, 7) is 5.55. The molecule has 0 bridgehead atoms. The summed E-state index contributed by atoms with van der Waals surface area (Å²) in [7, 11) is -3.99. The number of halogens is 1. The highest BCUT2D eigenvalue weighted by Crippen LogP contribution is 2.27. The maximum Gasteiger partial charge on any atom is 0.264 e. The van der Waals surface area contributed by atoms with Crippen LogP contribution in [-0.2, 0) is 14.8 Å². The molecule has 0 aliphatic carbocycles. The van der Waals surface area contributed by atoms with Crippen molar-refractivity contribution in [2.24, 2.45) is 0 Å². The van der Waals surface area contributed by atoms with Crippen LogP contribution in [-0.4, -0.2) is 34.0 Å². The molecule has 6 nitrogen and oxygen atoms in total. The first-order valence-electron chi connectivity index (χ1n) is 12.2. The van der Waals surface area contributed by atoms with Gasteiger partial charge in [-0.05, 0) is 81.1 Å². The number of nitrogens with zero attached hydrogens (tertiary/aromatic N) is 2. The normalized spacial score (nSPS) is 14.8. The fraction of sp³-hybridized carbons (Fsp3) is 0.321. The van der Waals surface area contributed by atoms with Crippen molar-refractivity contribution >= 4 is 38.9 Å². The SMILES string of the molecule is Cc1ccc(S(=O)(=O)N(CC(=O)NC(C)c2ccc(N3CCCCC3)cc2)c2cccc(Cl)c2)cc1. The fourth-order valence-corrected chi connectivity index (χ4v) is 6.01. The van der Waals surface area contributed by atoms with Gasteiger partial charge in [0.05, 0.1) is 16.6 Å². The number of piperidine rings is 1. The molecule has 0 saturated carbocycles. The highest BCUT2D eigenvalue weighted by Gasteiger charge is 2.28. The van der Waals surface area contributed by atoms with E-state index in [9.17, 15) is 13.2 Å². The number of benzene rings is 3. The Hall–Kier alpha value is -3.03. The Balaban J connectivity index is 1.51. The van der Waals surface area contributed by atoms with Crippen LogP contribution in [0.15, 0.2) is 77.7 Å². The van der Waals surface area contributed by atoms with E-state index in [0.717, 1.165) is 28.5 Å². The number of aryl methyl sites for hydroxylation is 1. The molecule has 3 aromatic carbocycles. The van der Waals surface area contributed by atoms with E-state index < -0.39 is 15.9 Å². The highest BCUT2D eigenvalue weighted by atomic mass is 35.5. The average Bonchev–Trinajstić information content (AvgIpc) is 2.88. The summed E-state index contributed by atoms with van der Waals surface area (Å²) in [5.74, 6) is -0.404. The molecule has 8 heteroatoms. The van der Waals surface area contributed by atoms with E-state index >= 15 is 0 Å². The van der Waals surface area contributed by atoms with E-state index in [1.54, 1.807) is 48.5 Å². The predicted octanol–water partition coefficient (Wildman–Crippen LogP) is 5.71. The molecule has 1 saturated heterocycles. The average molecular weight is 526 g/mol. The van der Waals surface area contributed by atoms with E-state index in [2.05, 4.69) is 22.3 Å². The van der Waals surface area contributed by atoms with E-state index in [-0.39, 0.29) is 17.5 Å². The third-order valence-electron chi connectivity index (χ3n) is 6.48. The number of rotatable bonds is 8. The number of amides is 1. The van der Waals surface area contributed by atoms with Gasteiger partial charge in [0.25, 0.3) is 10.0 Å². The summed E-state index contributed by atoms with van der Waals surface area (Å²) >= 11 is 6.15. The first-order valence-corrected chi connectivity index (χ1v) is 14.0. The number of sulfonamides is 1. The third kappa shape index (κ3) is 6.20. The Bertz CT molecular complexity index is 1290. The fourth-order valence-electron chi connectivity index (χ4n) is 4.41. The lowest BCUT2D eigenvalue weighted by Gasteiger charge is -2.29. The van der Waals surface area contributed by atoms with E-state index in [0.29, 0.717) is 10.7 Å². The summed E-state index contributed by atoms with van der Waals surface area (Å²) < 4.78 is 28.2. The molecule has 190 valence electrons. The number of hydrogen-bond acceptors (Lipinski definition) is 4. The van der Waals surface area contributed by atoms with Crippen LogP contribution in [0.25, 0.3) is 0 Å². The first kappa shape index (κ1) is 26.0. The van der Waals surface area contributed by atoms with Crippen LogP contribution in [0.1, 0.15) is 43.4 Å². The molecule has 1 atom stereocenters. The van der Waals surface area contributed by atoms with Crippen LogP contribution in [0.2, 0.25) is 5.02 Å². The third-order valence-corrected chi connectivity index (χ3v) is 8.51. The molecule has 1 heterocycles. The Morgan fingerprint density at radius 1 is 1.00 bits per heavy atom. The molecular formula is C28H32ClN3O3S. The van der Waals surface area contributed by atoms with Crippen molar-refractivity contribution in [1.82, 2.24) is 5.32 Å². The van der Waals surface area contributed by atoms with Gasteiger partial charge in [0, 0.05) is 23.8 Å². The van der Waals surface area contributed by atoms with Crippen LogP contribution < -0.4 is 14.5 Å². The lowest BCUT2D eigenvalue weighted by molar-refractivity contribution is -0.120. The second-order valence-electron chi connectivity index (χ2n) is 9.23. The molecule has 0 radical (unpaired) electrons. The van der Waals surface area contributed by atoms with Gasteiger partial charge in [-0.2, -0.15) is 0 Å². The standard InChI is InChI=1S/C28H32ClN3O3S/c1-21-9-15-27(16-10-21)36(34,35)32(26-8-6-7-24(29)19-26)20-28(33)30-22(2)23-11-13-25(14-12-23)31-17-4-3-5-18-31/h6-16,19,22H,3-5,17-18,20H2,1-2H3,(H,30,33). The zero-order valence-electron chi connectivity index (χ0n) is 20.7. The maximum atomic E-state index is 13.5. The Morgan fingerprint density at radius 2 is 1.67 bits per heavy atom. The van der Waals surface area contributed by atoms with Gasteiger partial charge in [-0.15, -0.1) is 0 Å². The van der Waals surface area contributed by atoms with Gasteiger partial charge in [-0.25, -0.2) is 8.42 Å². The minimum absolute atomic E-state index is 0.113. The largest absolute Gasteiger partial charge is 0.372 e. The Morgan fingerprint density at radius 3 is 2.31 bits per heavy atom. The van der Waals surface area contributed by atoms with Gasteiger partial charge in [0.1, 0.15) is 6.54 Å². The van der Waals surface area contributed by atoms with Crippen molar-refractivity contribution in [3.05, 3.63) is 88.9 Å². The molecule has 1 N–H and O–H groups in total. The Labute approximate surface area is 218 Å². The molecule has 1 unspecified atom stereocenters. The van der Waals surface area contributed by atoms with Crippen LogP contribution in [0.4, 0.5) is 11.4 Å². The minimum atomic E-state index is -3.99. The van der Waals surface area contributed by atoms with Gasteiger partial charge in [0.15, 0.2) is 0 Å². The van der Waals surface area contributed by atoms with Crippen molar-refractivity contribution in [1.29, 1.82) is 0 Å². The first-order chi connectivity index (χ1) is 17.2. The summed E-state index contributed by atoms with van der Waals surface area (Å²) in [5, 5.41) is 3.34. The summed E-state index contributed by atoms with van der Waals surface area (Å²) in [5.41, 5.74) is 3.42. The zero-order chi connectivity index (χ0) is 25.7. The second-order valence-corrected chi connectivity index (χ2v) is 11.5. The quantitative estimate of drug-likeness (QED) is 0.409. The zero-order valence-corrected chi connectivity index (χ0v) is 22.2. The van der Waals surface area contributed by atoms with Crippen molar-refractivity contribution in [2.75, 3.05) is 28.8 Å². The Kier molecular flexibility index (Phi) is 8.21. The van der Waals surface area contributed by atoms with Gasteiger partial charge in [-0.1, -0.05) is 47.5 Å². The molecule has 36 heavy (non-hydrogen) atoms. The van der Waals surface area contributed by atoms with Gasteiger partial charge in [0.2, 0.25) is 5.91 Å². The number of carbonyl (C=O) groups is 1. The van der Waals surface area contributed by atoms with Crippen molar-refractivity contribution in [2.45, 2.75) is 44.0 Å². The van der Waals surface area contributed by atoms with E-state index in [1.165, 1.54) is 24.9 Å². The number of nitrogens with one attached hydrogen (secondary N) is 1. The van der Waals surface area contributed by atoms with Crippen LogP contribution >= 0.6 is 11.6 Å². The van der Waals surface area contributed by atoms with Crippen molar-refractivity contribution < 1.29 is 13.2 Å². The molecular weight excluding hydrogens is 494 g/mol. The molecule has 0 aromatic heterocycles. The topological polar surface area (TPSA) is 69.7 Å².